The average Bonchev–Trinajstić information content (AvgIpc) is 2.89. The Bertz CT molecular complexity index is 497. The summed E-state index contributed by atoms with van der Waals surface area (Å²) < 4.78 is 5.31. The van der Waals surface area contributed by atoms with Crippen LogP contribution >= 0.6 is 11.3 Å². The molecule has 1 heterocycles. The number of aromatic nitrogens is 1. The van der Waals surface area contributed by atoms with E-state index in [1.54, 1.807) is 36.0 Å². The molecule has 5 nitrogen and oxygen atoms in total. The van der Waals surface area contributed by atoms with Crippen molar-refractivity contribution in [3.63, 3.8) is 0 Å². The number of thiazole rings is 1. The molecule has 0 aliphatic carbocycles. The fourth-order valence-electron chi connectivity index (χ4n) is 1.28. The van der Waals surface area contributed by atoms with Crippen LogP contribution in [0.1, 0.15) is 4.88 Å². The largest absolute Gasteiger partial charge is 0.484 e. The Morgan fingerprint density at radius 2 is 2.17 bits per heavy atom. The third kappa shape index (κ3) is 3.74. The predicted octanol–water partition coefficient (Wildman–Crippen LogP) is 1.42. The number of amides is 1. The summed E-state index contributed by atoms with van der Waals surface area (Å²) >= 11 is 1.50. The zero-order chi connectivity index (χ0) is 12.8. The van der Waals surface area contributed by atoms with Gasteiger partial charge in [0.1, 0.15) is 5.75 Å². The summed E-state index contributed by atoms with van der Waals surface area (Å²) in [4.78, 5) is 16.4. The minimum atomic E-state index is -0.166. The third-order valence-corrected chi connectivity index (χ3v) is 2.97. The number of anilines is 1. The highest BCUT2D eigenvalue weighted by Gasteiger charge is 2.03. The molecule has 18 heavy (non-hydrogen) atoms. The first-order valence-corrected chi connectivity index (χ1v) is 6.24. The van der Waals surface area contributed by atoms with Crippen LogP contribution < -0.4 is 15.8 Å². The third-order valence-electron chi connectivity index (χ3n) is 2.19. The summed E-state index contributed by atoms with van der Waals surface area (Å²) in [6, 6.07) is 6.91. The van der Waals surface area contributed by atoms with Gasteiger partial charge in [-0.15, -0.1) is 11.3 Å². The number of nitrogen functional groups attached to an aromatic ring is 1. The van der Waals surface area contributed by atoms with Gasteiger partial charge in [-0.05, 0) is 24.3 Å². The standard InChI is InChI=1S/C12H13N3O2S/c13-9-1-3-10(4-2-9)17-7-12(16)15-6-11-5-14-8-18-11/h1-5,8H,6-7,13H2,(H,15,16). The molecule has 0 radical (unpaired) electrons. The predicted molar refractivity (Wildman–Crippen MR) is 70.3 cm³/mol. The van der Waals surface area contributed by atoms with Crippen molar-refractivity contribution < 1.29 is 9.53 Å². The number of hydrogen-bond donors (Lipinski definition) is 2. The van der Waals surface area contributed by atoms with Gasteiger partial charge >= 0.3 is 0 Å². The zero-order valence-corrected chi connectivity index (χ0v) is 10.4. The highest BCUT2D eigenvalue weighted by atomic mass is 32.1. The lowest BCUT2D eigenvalue weighted by atomic mass is 10.3. The number of nitrogens with zero attached hydrogens (tertiary/aromatic N) is 1. The fourth-order valence-corrected chi connectivity index (χ4v) is 1.81. The van der Waals surface area contributed by atoms with E-state index in [1.165, 1.54) is 11.3 Å². The van der Waals surface area contributed by atoms with E-state index in [4.69, 9.17) is 10.5 Å². The van der Waals surface area contributed by atoms with Crippen LogP contribution in [0.15, 0.2) is 36.0 Å². The molecule has 0 unspecified atom stereocenters. The molecule has 3 N–H and O–H groups in total. The second kappa shape index (κ2) is 6.02. The van der Waals surface area contributed by atoms with E-state index in [1.807, 2.05) is 0 Å². The van der Waals surface area contributed by atoms with Crippen LogP contribution in [0.3, 0.4) is 0 Å². The van der Waals surface area contributed by atoms with Crippen molar-refractivity contribution in [2.45, 2.75) is 6.54 Å². The van der Waals surface area contributed by atoms with Crippen LogP contribution in [0.5, 0.6) is 5.75 Å². The highest BCUT2D eigenvalue weighted by molar-refractivity contribution is 7.09. The molecule has 1 aromatic carbocycles. The van der Waals surface area contributed by atoms with Crippen LogP contribution in [-0.4, -0.2) is 17.5 Å². The fraction of sp³-hybridized carbons (Fsp3) is 0.167. The normalized spacial score (nSPS) is 10.0. The van der Waals surface area contributed by atoms with Gasteiger partial charge in [-0.3, -0.25) is 9.78 Å². The van der Waals surface area contributed by atoms with Crippen LogP contribution in [-0.2, 0) is 11.3 Å². The molecule has 0 saturated heterocycles. The van der Waals surface area contributed by atoms with E-state index in [9.17, 15) is 4.79 Å². The lowest BCUT2D eigenvalue weighted by Gasteiger charge is -2.06. The molecule has 2 rings (SSSR count). The number of ether oxygens (including phenoxy) is 1. The van der Waals surface area contributed by atoms with Gasteiger partial charge in [-0.25, -0.2) is 0 Å². The summed E-state index contributed by atoms with van der Waals surface area (Å²) in [7, 11) is 0. The second-order valence-corrected chi connectivity index (χ2v) is 4.57. The summed E-state index contributed by atoms with van der Waals surface area (Å²) in [5.74, 6) is 0.456. The molecule has 1 aromatic heterocycles. The van der Waals surface area contributed by atoms with Crippen molar-refractivity contribution in [3.05, 3.63) is 40.8 Å². The summed E-state index contributed by atoms with van der Waals surface area (Å²) in [6.45, 7) is 0.470. The zero-order valence-electron chi connectivity index (χ0n) is 9.63. The van der Waals surface area contributed by atoms with Crippen LogP contribution in [0.2, 0.25) is 0 Å². The van der Waals surface area contributed by atoms with Crippen LogP contribution in [0.4, 0.5) is 5.69 Å². The van der Waals surface area contributed by atoms with Gasteiger partial charge < -0.3 is 15.8 Å². The highest BCUT2D eigenvalue weighted by Crippen LogP contribution is 2.12. The lowest BCUT2D eigenvalue weighted by Crippen LogP contribution is -2.28. The van der Waals surface area contributed by atoms with E-state index < -0.39 is 0 Å². The summed E-state index contributed by atoms with van der Waals surface area (Å²) in [6.07, 6.45) is 1.73. The SMILES string of the molecule is Nc1ccc(OCC(=O)NCc2cncs2)cc1. The smallest absolute Gasteiger partial charge is 0.258 e. The quantitative estimate of drug-likeness (QED) is 0.800. The Balaban J connectivity index is 1.73. The van der Waals surface area contributed by atoms with Crippen molar-refractivity contribution in [1.29, 1.82) is 0 Å². The van der Waals surface area contributed by atoms with Crippen molar-refractivity contribution in [3.8, 4) is 5.75 Å². The molecule has 0 spiro atoms. The summed E-state index contributed by atoms with van der Waals surface area (Å²) in [5.41, 5.74) is 7.94. The average molecular weight is 263 g/mol. The first-order valence-electron chi connectivity index (χ1n) is 5.36. The molecule has 0 bridgehead atoms. The Kier molecular flexibility index (Phi) is 4.14. The van der Waals surface area contributed by atoms with Gasteiger partial charge in [-0.1, -0.05) is 0 Å². The Labute approximate surface area is 109 Å². The first kappa shape index (κ1) is 12.4. The van der Waals surface area contributed by atoms with E-state index >= 15 is 0 Å². The van der Waals surface area contributed by atoms with E-state index in [2.05, 4.69) is 10.3 Å². The van der Waals surface area contributed by atoms with Crippen molar-refractivity contribution in [2.24, 2.45) is 0 Å². The van der Waals surface area contributed by atoms with Crippen molar-refractivity contribution in [2.75, 3.05) is 12.3 Å². The van der Waals surface area contributed by atoms with Gasteiger partial charge in [-0.2, -0.15) is 0 Å². The monoisotopic (exact) mass is 263 g/mol. The molecule has 1 amide bonds. The second-order valence-electron chi connectivity index (χ2n) is 3.60. The van der Waals surface area contributed by atoms with E-state index in [-0.39, 0.29) is 12.5 Å². The molecule has 0 saturated carbocycles. The van der Waals surface area contributed by atoms with Crippen LogP contribution in [0, 0.1) is 0 Å². The number of benzene rings is 1. The maximum absolute atomic E-state index is 11.5. The molecule has 0 aliphatic rings. The number of carbonyl (C=O) groups excluding carboxylic acids is 1. The van der Waals surface area contributed by atoms with E-state index in [0.29, 0.717) is 18.0 Å². The number of nitrogens with two attached hydrogens (primary N) is 1. The van der Waals surface area contributed by atoms with Crippen molar-refractivity contribution in [1.82, 2.24) is 10.3 Å². The Morgan fingerprint density at radius 1 is 1.39 bits per heavy atom. The van der Waals surface area contributed by atoms with Gasteiger partial charge in [0.2, 0.25) is 0 Å². The molecule has 0 fully saturated rings. The van der Waals surface area contributed by atoms with Gasteiger partial charge in [0, 0.05) is 16.8 Å². The maximum atomic E-state index is 11.5. The minimum absolute atomic E-state index is 0.0112. The van der Waals surface area contributed by atoms with Gasteiger partial charge in [0.25, 0.3) is 5.91 Å². The molecule has 0 aliphatic heterocycles. The Morgan fingerprint density at radius 3 is 2.83 bits per heavy atom. The van der Waals surface area contributed by atoms with Gasteiger partial charge in [0.15, 0.2) is 6.61 Å². The summed E-state index contributed by atoms with van der Waals surface area (Å²) in [5, 5.41) is 2.75. The van der Waals surface area contributed by atoms with Gasteiger partial charge in [0.05, 0.1) is 12.1 Å². The minimum Gasteiger partial charge on any atom is -0.484 e. The number of rotatable bonds is 5. The topological polar surface area (TPSA) is 77.2 Å². The number of carbonyl (C=O) groups is 1. The molecule has 0 atom stereocenters. The Hall–Kier alpha value is -2.08. The van der Waals surface area contributed by atoms with Crippen LogP contribution in [0.25, 0.3) is 0 Å². The first-order chi connectivity index (χ1) is 8.74. The number of nitrogens with one attached hydrogen (secondary N) is 1. The maximum Gasteiger partial charge on any atom is 0.258 e. The number of hydrogen-bond acceptors (Lipinski definition) is 5. The molecule has 2 aromatic rings. The molecular formula is C12H13N3O2S. The van der Waals surface area contributed by atoms with E-state index in [0.717, 1.165) is 4.88 Å². The van der Waals surface area contributed by atoms with Crippen molar-refractivity contribution >= 4 is 22.9 Å². The molecular weight excluding hydrogens is 250 g/mol. The molecule has 94 valence electrons. The lowest BCUT2D eigenvalue weighted by molar-refractivity contribution is -0.123. The molecule has 6 heteroatoms.